The molecule has 1 aliphatic carbocycles. The summed E-state index contributed by atoms with van der Waals surface area (Å²) in [7, 11) is -1.15. The minimum atomic E-state index is -1.15. The molecule has 3 nitrogen and oxygen atoms in total. The summed E-state index contributed by atoms with van der Waals surface area (Å²) in [6, 6.07) is 6.52. The van der Waals surface area contributed by atoms with Crippen LogP contribution in [0.3, 0.4) is 0 Å². The van der Waals surface area contributed by atoms with E-state index in [1.165, 1.54) is 11.1 Å². The zero-order chi connectivity index (χ0) is 15.6. The van der Waals surface area contributed by atoms with Crippen LogP contribution in [0.2, 0.25) is 19.6 Å². The van der Waals surface area contributed by atoms with Gasteiger partial charge in [-0.25, -0.2) is 0 Å². The Morgan fingerprint density at radius 3 is 2.71 bits per heavy atom. The van der Waals surface area contributed by atoms with Crippen LogP contribution in [0.1, 0.15) is 36.1 Å². The van der Waals surface area contributed by atoms with E-state index in [9.17, 15) is 4.79 Å². The number of amides is 1. The van der Waals surface area contributed by atoms with Gasteiger partial charge >= 0.3 is 0 Å². The molecule has 0 heterocycles. The number of nitrogens with one attached hydrogen (secondary N) is 2. The van der Waals surface area contributed by atoms with Crippen LogP contribution in [0.25, 0.3) is 0 Å². The van der Waals surface area contributed by atoms with Crippen molar-refractivity contribution in [2.75, 3.05) is 6.17 Å². The van der Waals surface area contributed by atoms with Crippen molar-refractivity contribution in [3.8, 4) is 0 Å². The Morgan fingerprint density at radius 1 is 1.38 bits per heavy atom. The Hall–Kier alpha value is -1.20. The average Bonchev–Trinajstić information content (AvgIpc) is 2.77. The van der Waals surface area contributed by atoms with E-state index >= 15 is 0 Å². The highest BCUT2D eigenvalue weighted by molar-refractivity contribution is 7.80. The molecule has 1 aliphatic rings. The van der Waals surface area contributed by atoms with Crippen LogP contribution in [0.5, 0.6) is 0 Å². The van der Waals surface area contributed by atoms with Crippen LogP contribution in [-0.2, 0) is 11.2 Å². The van der Waals surface area contributed by atoms with E-state index in [-0.39, 0.29) is 11.9 Å². The van der Waals surface area contributed by atoms with Gasteiger partial charge in [0.1, 0.15) is 4.99 Å². The first-order valence-electron chi connectivity index (χ1n) is 7.44. The Bertz CT molecular complexity index is 566. The van der Waals surface area contributed by atoms with Crippen molar-refractivity contribution >= 4 is 31.2 Å². The molecule has 1 amide bonds. The van der Waals surface area contributed by atoms with Gasteiger partial charge in [-0.05, 0) is 30.0 Å². The van der Waals surface area contributed by atoms with E-state index in [1.54, 1.807) is 6.92 Å². The van der Waals surface area contributed by atoms with Gasteiger partial charge in [0.05, 0.1) is 14.1 Å². The van der Waals surface area contributed by atoms with Gasteiger partial charge in [-0.3, -0.25) is 4.79 Å². The molecule has 5 heteroatoms. The third-order valence-corrected chi connectivity index (χ3v) is 5.26. The Labute approximate surface area is 133 Å². The first kappa shape index (κ1) is 16.2. The minimum absolute atomic E-state index is 0.0317. The molecule has 0 fully saturated rings. The first-order chi connectivity index (χ1) is 9.76. The smallest absolute Gasteiger partial charge is 0.217 e. The van der Waals surface area contributed by atoms with Crippen LogP contribution in [-0.4, -0.2) is 25.1 Å². The maximum absolute atomic E-state index is 11.2. The second-order valence-electron chi connectivity index (χ2n) is 6.95. The van der Waals surface area contributed by atoms with Gasteiger partial charge < -0.3 is 10.6 Å². The summed E-state index contributed by atoms with van der Waals surface area (Å²) in [5.74, 6) is 0.0317. The summed E-state index contributed by atoms with van der Waals surface area (Å²) in [6.07, 6.45) is 2.98. The van der Waals surface area contributed by atoms with E-state index in [1.807, 2.05) is 0 Å². The molecule has 2 rings (SSSR count). The predicted octanol–water partition coefficient (Wildman–Crippen LogP) is 2.95. The van der Waals surface area contributed by atoms with Crippen LogP contribution < -0.4 is 10.6 Å². The van der Waals surface area contributed by atoms with Crippen molar-refractivity contribution in [3.63, 3.8) is 0 Å². The number of rotatable bonds is 4. The number of fused-ring (bicyclic) bond motifs is 1. The molecule has 1 atom stereocenters. The molecular formula is C16H24N2OSSi. The molecule has 1 unspecified atom stereocenters. The van der Waals surface area contributed by atoms with Crippen molar-refractivity contribution < 1.29 is 4.79 Å². The van der Waals surface area contributed by atoms with E-state index in [2.05, 4.69) is 48.5 Å². The molecule has 21 heavy (non-hydrogen) atoms. The lowest BCUT2D eigenvalue weighted by molar-refractivity contribution is -0.119. The third kappa shape index (κ3) is 4.38. The molecule has 1 aromatic carbocycles. The van der Waals surface area contributed by atoms with Gasteiger partial charge in [0.25, 0.3) is 0 Å². The number of thiocarbonyl (C=S) groups is 1. The summed E-state index contributed by atoms with van der Waals surface area (Å²) in [4.78, 5) is 12.1. The van der Waals surface area contributed by atoms with E-state index in [0.29, 0.717) is 0 Å². The van der Waals surface area contributed by atoms with Crippen LogP contribution in [0, 0.1) is 0 Å². The summed E-state index contributed by atoms with van der Waals surface area (Å²) < 4.78 is 0. The molecule has 0 saturated heterocycles. The summed E-state index contributed by atoms with van der Waals surface area (Å²) in [5, 5.41) is 6.41. The van der Waals surface area contributed by atoms with Gasteiger partial charge in [0.2, 0.25) is 5.91 Å². The second kappa shape index (κ2) is 6.28. The van der Waals surface area contributed by atoms with Gasteiger partial charge in [0.15, 0.2) is 0 Å². The fraction of sp³-hybridized carbons (Fsp3) is 0.500. The molecule has 0 spiro atoms. The third-order valence-electron chi connectivity index (χ3n) is 3.64. The molecule has 114 valence electrons. The number of carbonyl (C=O) groups is 1. The van der Waals surface area contributed by atoms with Crippen molar-refractivity contribution in [2.45, 2.75) is 45.4 Å². The topological polar surface area (TPSA) is 41.1 Å². The van der Waals surface area contributed by atoms with Gasteiger partial charge in [-0.1, -0.05) is 44.0 Å². The largest absolute Gasteiger partial charge is 0.379 e. The number of hydrogen-bond donors (Lipinski definition) is 2. The Kier molecular flexibility index (Phi) is 4.83. The Balaban J connectivity index is 2.08. The number of carbonyl (C=O) groups excluding carboxylic acids is 1. The highest BCUT2D eigenvalue weighted by Gasteiger charge is 2.23. The normalized spacial score (nSPS) is 17.2. The molecular weight excluding hydrogens is 296 g/mol. The van der Waals surface area contributed by atoms with Crippen LogP contribution in [0.15, 0.2) is 18.2 Å². The summed E-state index contributed by atoms with van der Waals surface area (Å²) in [5.41, 5.74) is 3.64. The van der Waals surface area contributed by atoms with Crippen LogP contribution >= 0.6 is 12.2 Å². The quantitative estimate of drug-likeness (QED) is 0.662. The fourth-order valence-electron chi connectivity index (χ4n) is 2.60. The average molecular weight is 321 g/mol. The van der Waals surface area contributed by atoms with Crippen molar-refractivity contribution in [1.29, 1.82) is 0 Å². The monoisotopic (exact) mass is 320 g/mol. The summed E-state index contributed by atoms with van der Waals surface area (Å²) in [6.45, 7) is 8.54. The van der Waals surface area contributed by atoms with Crippen molar-refractivity contribution in [2.24, 2.45) is 0 Å². The Morgan fingerprint density at radius 2 is 2.10 bits per heavy atom. The lowest BCUT2D eigenvalue weighted by Crippen LogP contribution is -2.39. The molecule has 0 radical (unpaired) electrons. The standard InChI is InChI=1S/C16H24N2OSSi/c1-11(19)18-15-8-6-12-9-13(5-7-14(12)15)16(20)17-10-21(2,3)4/h5,7,9,15H,6,8,10H2,1-4H3,(H,17,20)(H,18,19). The fourth-order valence-corrected chi connectivity index (χ4v) is 3.64. The summed E-state index contributed by atoms with van der Waals surface area (Å²) >= 11 is 5.50. The molecule has 0 aliphatic heterocycles. The number of benzene rings is 1. The van der Waals surface area contributed by atoms with Gasteiger partial charge in [-0.2, -0.15) is 0 Å². The zero-order valence-electron chi connectivity index (χ0n) is 13.2. The zero-order valence-corrected chi connectivity index (χ0v) is 15.1. The van der Waals surface area contributed by atoms with Crippen molar-refractivity contribution in [3.05, 3.63) is 34.9 Å². The van der Waals surface area contributed by atoms with E-state index in [0.717, 1.165) is 29.6 Å². The van der Waals surface area contributed by atoms with Gasteiger partial charge in [-0.15, -0.1) is 0 Å². The lowest BCUT2D eigenvalue weighted by atomic mass is 10.0. The molecule has 0 bridgehead atoms. The molecule has 2 N–H and O–H groups in total. The number of aryl methyl sites for hydroxylation is 1. The molecule has 0 saturated carbocycles. The van der Waals surface area contributed by atoms with E-state index in [4.69, 9.17) is 12.2 Å². The highest BCUT2D eigenvalue weighted by atomic mass is 32.1. The number of hydrogen-bond acceptors (Lipinski definition) is 2. The molecule has 1 aromatic rings. The van der Waals surface area contributed by atoms with Gasteiger partial charge in [0, 0.05) is 18.7 Å². The maximum atomic E-state index is 11.2. The van der Waals surface area contributed by atoms with Crippen molar-refractivity contribution in [1.82, 2.24) is 10.6 Å². The minimum Gasteiger partial charge on any atom is -0.379 e. The SMILES string of the molecule is CC(=O)NC1CCc2cc(C(=S)NC[Si](C)(C)C)ccc21. The lowest BCUT2D eigenvalue weighted by Gasteiger charge is -2.18. The molecule has 0 aromatic heterocycles. The van der Waals surface area contributed by atoms with E-state index < -0.39 is 8.07 Å². The maximum Gasteiger partial charge on any atom is 0.217 e. The second-order valence-corrected chi connectivity index (χ2v) is 12.8. The first-order valence-corrected chi connectivity index (χ1v) is 11.6. The highest BCUT2D eigenvalue weighted by Crippen LogP contribution is 2.31. The predicted molar refractivity (Wildman–Crippen MR) is 94.4 cm³/mol. The van der Waals surface area contributed by atoms with Crippen LogP contribution in [0.4, 0.5) is 0 Å².